The molecule has 0 amide bonds. The van der Waals surface area contributed by atoms with Crippen LogP contribution in [0, 0.1) is 25.5 Å². The third kappa shape index (κ3) is 4.51. The molecule has 186 valence electrons. The van der Waals surface area contributed by atoms with Crippen molar-refractivity contribution in [1.29, 1.82) is 0 Å². The first kappa shape index (κ1) is 23.8. The zero-order valence-corrected chi connectivity index (χ0v) is 20.3. The van der Waals surface area contributed by atoms with Crippen LogP contribution >= 0.6 is 0 Å². The molecule has 36 heavy (non-hydrogen) atoms. The standard InChI is InChI=1S/C28H28F2N4O2/c1-18-5-3-6-21(15-18)32-11-13-33(14-12-32)28-31-27-22(7-4-8-23(27)30)25(17-26(35)36)34(28)24-16-20(29)10-9-19(24)2/h3-10,15-16,25H,11-14,17H2,1-2H3,(H,35,36). The highest BCUT2D eigenvalue weighted by Gasteiger charge is 2.38. The predicted octanol–water partition coefficient (Wildman–Crippen LogP) is 5.43. The molecule has 8 heteroatoms. The lowest BCUT2D eigenvalue weighted by molar-refractivity contribution is -0.137. The number of carbonyl (C=O) groups is 1. The summed E-state index contributed by atoms with van der Waals surface area (Å²) in [6, 6.07) is 16.6. The molecule has 1 unspecified atom stereocenters. The van der Waals surface area contributed by atoms with Crippen molar-refractivity contribution in [3.63, 3.8) is 0 Å². The quantitative estimate of drug-likeness (QED) is 0.529. The van der Waals surface area contributed by atoms with Gasteiger partial charge in [-0.05, 0) is 55.3 Å². The van der Waals surface area contributed by atoms with Gasteiger partial charge in [0.05, 0.1) is 18.2 Å². The van der Waals surface area contributed by atoms with Gasteiger partial charge in [-0.15, -0.1) is 0 Å². The Kier molecular flexibility index (Phi) is 6.35. The molecule has 3 aromatic carbocycles. The summed E-state index contributed by atoms with van der Waals surface area (Å²) < 4.78 is 29.4. The number of halogens is 2. The lowest BCUT2D eigenvalue weighted by atomic mass is 9.96. The first-order valence-corrected chi connectivity index (χ1v) is 12.0. The van der Waals surface area contributed by atoms with E-state index in [1.54, 1.807) is 23.1 Å². The Morgan fingerprint density at radius 1 is 0.972 bits per heavy atom. The molecule has 5 rings (SSSR count). The number of aryl methyl sites for hydroxylation is 2. The number of aliphatic carboxylic acids is 1. The summed E-state index contributed by atoms with van der Waals surface area (Å²) in [5.74, 6) is -1.52. The van der Waals surface area contributed by atoms with Crippen LogP contribution in [0.2, 0.25) is 0 Å². The number of hydrogen-bond acceptors (Lipinski definition) is 5. The highest BCUT2D eigenvalue weighted by Crippen LogP contribution is 2.42. The van der Waals surface area contributed by atoms with Crippen LogP contribution in [0.25, 0.3) is 0 Å². The Bertz CT molecular complexity index is 1330. The van der Waals surface area contributed by atoms with E-state index in [0.29, 0.717) is 43.4 Å². The van der Waals surface area contributed by atoms with Crippen LogP contribution in [-0.2, 0) is 4.79 Å². The molecule has 2 aliphatic heterocycles. The summed E-state index contributed by atoms with van der Waals surface area (Å²) in [5.41, 5.74) is 4.24. The van der Waals surface area contributed by atoms with Gasteiger partial charge in [0.1, 0.15) is 17.3 Å². The molecule has 1 fully saturated rings. The van der Waals surface area contributed by atoms with E-state index in [9.17, 15) is 18.7 Å². The Balaban J connectivity index is 1.57. The molecule has 1 atom stereocenters. The second-order valence-corrected chi connectivity index (χ2v) is 9.32. The number of benzene rings is 3. The molecular weight excluding hydrogens is 462 g/mol. The van der Waals surface area contributed by atoms with Gasteiger partial charge in [0.2, 0.25) is 5.96 Å². The molecule has 1 N–H and O–H groups in total. The van der Waals surface area contributed by atoms with Crippen LogP contribution in [0.4, 0.5) is 25.8 Å². The van der Waals surface area contributed by atoms with Gasteiger partial charge in [0.15, 0.2) is 0 Å². The summed E-state index contributed by atoms with van der Waals surface area (Å²) in [6.45, 7) is 6.53. The molecule has 0 aromatic heterocycles. The van der Waals surface area contributed by atoms with Crippen LogP contribution < -0.4 is 9.80 Å². The van der Waals surface area contributed by atoms with E-state index in [1.807, 2.05) is 17.9 Å². The van der Waals surface area contributed by atoms with Gasteiger partial charge in [0, 0.05) is 37.4 Å². The molecule has 0 aliphatic carbocycles. The molecule has 0 bridgehead atoms. The average molecular weight is 491 g/mol. The summed E-state index contributed by atoms with van der Waals surface area (Å²) >= 11 is 0. The summed E-state index contributed by atoms with van der Waals surface area (Å²) in [5, 5.41) is 9.77. The van der Waals surface area contributed by atoms with Crippen molar-refractivity contribution in [3.8, 4) is 0 Å². The third-order valence-corrected chi connectivity index (χ3v) is 6.84. The van der Waals surface area contributed by atoms with Crippen LogP contribution in [0.5, 0.6) is 0 Å². The Labute approximate surface area is 209 Å². The van der Waals surface area contributed by atoms with E-state index < -0.39 is 23.6 Å². The molecule has 3 aromatic rings. The van der Waals surface area contributed by atoms with Crippen LogP contribution in [0.15, 0.2) is 65.7 Å². The number of carboxylic acids is 1. The SMILES string of the molecule is Cc1cccc(N2CCN(C3=Nc4c(F)cccc4C(CC(=O)O)N3c3cc(F)ccc3C)CC2)c1. The first-order valence-electron chi connectivity index (χ1n) is 12.0. The van der Waals surface area contributed by atoms with E-state index in [2.05, 4.69) is 30.0 Å². The Morgan fingerprint density at radius 2 is 1.69 bits per heavy atom. The molecule has 0 radical (unpaired) electrons. The summed E-state index contributed by atoms with van der Waals surface area (Å²) in [7, 11) is 0. The van der Waals surface area contributed by atoms with E-state index in [1.165, 1.54) is 23.8 Å². The Morgan fingerprint density at radius 3 is 2.42 bits per heavy atom. The number of nitrogens with zero attached hydrogens (tertiary/aromatic N) is 4. The number of guanidine groups is 1. The topological polar surface area (TPSA) is 59.4 Å². The van der Waals surface area contributed by atoms with E-state index in [0.717, 1.165) is 11.3 Å². The van der Waals surface area contributed by atoms with Gasteiger partial charge in [-0.2, -0.15) is 0 Å². The molecule has 0 spiro atoms. The lowest BCUT2D eigenvalue weighted by Crippen LogP contribution is -2.55. The molecular formula is C28H28F2N4O2. The van der Waals surface area contributed by atoms with Crippen molar-refractivity contribution in [2.75, 3.05) is 36.0 Å². The van der Waals surface area contributed by atoms with Crippen LogP contribution in [-0.4, -0.2) is 48.1 Å². The molecule has 0 saturated carbocycles. The van der Waals surface area contributed by atoms with Gasteiger partial charge in [-0.1, -0.05) is 30.3 Å². The number of para-hydroxylation sites is 1. The van der Waals surface area contributed by atoms with E-state index in [-0.39, 0.29) is 12.1 Å². The zero-order chi connectivity index (χ0) is 25.4. The maximum absolute atomic E-state index is 15.0. The van der Waals surface area contributed by atoms with Crippen molar-refractivity contribution in [2.45, 2.75) is 26.3 Å². The Hall–Kier alpha value is -3.94. The third-order valence-electron chi connectivity index (χ3n) is 6.84. The van der Waals surface area contributed by atoms with Crippen LogP contribution in [0.1, 0.15) is 29.2 Å². The molecule has 1 saturated heterocycles. The smallest absolute Gasteiger partial charge is 0.305 e. The predicted molar refractivity (Wildman–Crippen MR) is 137 cm³/mol. The number of hydrogen-bond donors (Lipinski definition) is 1. The molecule has 2 aliphatic rings. The molecule has 6 nitrogen and oxygen atoms in total. The largest absolute Gasteiger partial charge is 0.481 e. The minimum absolute atomic E-state index is 0.144. The van der Waals surface area contributed by atoms with Gasteiger partial charge >= 0.3 is 5.97 Å². The number of piperazine rings is 1. The number of carboxylic acid groups (broad SMARTS) is 1. The maximum Gasteiger partial charge on any atom is 0.305 e. The fourth-order valence-corrected chi connectivity index (χ4v) is 5.05. The van der Waals surface area contributed by atoms with Crippen molar-refractivity contribution in [2.24, 2.45) is 4.99 Å². The van der Waals surface area contributed by atoms with Gasteiger partial charge in [-0.25, -0.2) is 13.8 Å². The average Bonchev–Trinajstić information content (AvgIpc) is 2.86. The minimum Gasteiger partial charge on any atom is -0.481 e. The van der Waals surface area contributed by atoms with Gasteiger partial charge < -0.3 is 19.8 Å². The van der Waals surface area contributed by atoms with Gasteiger partial charge in [-0.3, -0.25) is 4.79 Å². The van der Waals surface area contributed by atoms with E-state index >= 15 is 0 Å². The highest BCUT2D eigenvalue weighted by atomic mass is 19.1. The number of anilines is 2. The monoisotopic (exact) mass is 490 g/mol. The van der Waals surface area contributed by atoms with Crippen LogP contribution in [0.3, 0.4) is 0 Å². The second kappa shape index (κ2) is 9.60. The number of rotatable bonds is 4. The summed E-state index contributed by atoms with van der Waals surface area (Å²) in [6.07, 6.45) is -0.283. The fraction of sp³-hybridized carbons (Fsp3) is 0.286. The van der Waals surface area contributed by atoms with Gasteiger partial charge in [0.25, 0.3) is 0 Å². The summed E-state index contributed by atoms with van der Waals surface area (Å²) in [4.78, 5) is 22.8. The normalized spacial score (nSPS) is 17.6. The van der Waals surface area contributed by atoms with Crippen molar-refractivity contribution < 1.29 is 18.7 Å². The number of aliphatic imine (C=N–C) groups is 1. The van der Waals surface area contributed by atoms with Crippen molar-refractivity contribution in [1.82, 2.24) is 4.90 Å². The first-order chi connectivity index (χ1) is 17.3. The van der Waals surface area contributed by atoms with E-state index in [4.69, 9.17) is 4.99 Å². The maximum atomic E-state index is 15.0. The minimum atomic E-state index is -1.03. The van der Waals surface area contributed by atoms with Crippen molar-refractivity contribution >= 4 is 29.0 Å². The lowest BCUT2D eigenvalue weighted by Gasteiger charge is -2.45. The fourth-order valence-electron chi connectivity index (χ4n) is 5.05. The zero-order valence-electron chi connectivity index (χ0n) is 20.3. The number of fused-ring (bicyclic) bond motifs is 1. The molecule has 2 heterocycles. The highest BCUT2D eigenvalue weighted by molar-refractivity contribution is 6.01. The second-order valence-electron chi connectivity index (χ2n) is 9.32. The van der Waals surface area contributed by atoms with Crippen molar-refractivity contribution in [3.05, 3.63) is 89.0 Å².